The first-order valence-corrected chi connectivity index (χ1v) is 11.9. The molecule has 0 atom stereocenters. The van der Waals surface area contributed by atoms with Crippen molar-refractivity contribution in [3.63, 3.8) is 0 Å². The molecule has 1 saturated heterocycles. The molecule has 3 rings (SSSR count). The summed E-state index contributed by atoms with van der Waals surface area (Å²) in [5.74, 6) is -0.404. The second kappa shape index (κ2) is 10.2. The van der Waals surface area contributed by atoms with Gasteiger partial charge in [-0.15, -0.1) is 0 Å². The topological polar surface area (TPSA) is 73.0 Å². The van der Waals surface area contributed by atoms with Crippen molar-refractivity contribution < 1.29 is 17.6 Å². The lowest BCUT2D eigenvalue weighted by molar-refractivity contribution is -0.117. The number of anilines is 2. The summed E-state index contributed by atoms with van der Waals surface area (Å²) in [6.45, 7) is 7.23. The van der Waals surface area contributed by atoms with Crippen LogP contribution in [0.1, 0.15) is 13.8 Å². The van der Waals surface area contributed by atoms with Crippen LogP contribution in [0.3, 0.4) is 0 Å². The average Bonchev–Trinajstić information content (AvgIpc) is 2.76. The minimum absolute atomic E-state index is 0.168. The van der Waals surface area contributed by atoms with Crippen LogP contribution in [0, 0.1) is 5.82 Å². The summed E-state index contributed by atoms with van der Waals surface area (Å²) in [5, 5.41) is 2.81. The van der Waals surface area contributed by atoms with Crippen molar-refractivity contribution in [1.82, 2.24) is 9.21 Å². The van der Waals surface area contributed by atoms with Gasteiger partial charge in [-0.2, -0.15) is 4.31 Å². The van der Waals surface area contributed by atoms with Crippen LogP contribution in [0.25, 0.3) is 0 Å². The molecular weight excluding hydrogens is 419 g/mol. The number of amides is 1. The fourth-order valence-corrected chi connectivity index (χ4v) is 5.14. The second-order valence-corrected chi connectivity index (χ2v) is 9.31. The van der Waals surface area contributed by atoms with Crippen LogP contribution in [0.4, 0.5) is 15.8 Å². The molecule has 1 aliphatic heterocycles. The van der Waals surface area contributed by atoms with Gasteiger partial charge in [-0.25, -0.2) is 12.8 Å². The lowest BCUT2D eigenvalue weighted by Gasteiger charge is -2.35. The summed E-state index contributed by atoms with van der Waals surface area (Å²) >= 11 is 0. The highest BCUT2D eigenvalue weighted by atomic mass is 32.2. The van der Waals surface area contributed by atoms with Gasteiger partial charge in [-0.05, 0) is 36.4 Å². The Hall–Kier alpha value is -2.49. The van der Waals surface area contributed by atoms with Crippen LogP contribution >= 0.6 is 0 Å². The molecule has 168 valence electrons. The molecule has 0 unspecified atom stereocenters. The van der Waals surface area contributed by atoms with E-state index in [0.717, 1.165) is 0 Å². The smallest absolute Gasteiger partial charge is 0.243 e. The Kier molecular flexibility index (Phi) is 7.64. The van der Waals surface area contributed by atoms with Crippen molar-refractivity contribution in [3.05, 3.63) is 54.3 Å². The highest BCUT2D eigenvalue weighted by Gasteiger charge is 2.22. The number of hydrogen-bond donors (Lipinski definition) is 1. The molecular formula is C22H29FN4O3S. The van der Waals surface area contributed by atoms with Gasteiger partial charge in [-0.1, -0.05) is 26.0 Å². The van der Waals surface area contributed by atoms with Gasteiger partial charge < -0.3 is 10.2 Å². The van der Waals surface area contributed by atoms with Gasteiger partial charge in [0.25, 0.3) is 0 Å². The molecule has 9 heteroatoms. The van der Waals surface area contributed by atoms with Gasteiger partial charge in [0, 0.05) is 45.0 Å². The zero-order chi connectivity index (χ0) is 22.4. The van der Waals surface area contributed by atoms with E-state index < -0.39 is 10.0 Å². The van der Waals surface area contributed by atoms with E-state index >= 15 is 0 Å². The minimum atomic E-state index is -3.52. The van der Waals surface area contributed by atoms with E-state index in [-0.39, 0.29) is 23.2 Å². The first kappa shape index (κ1) is 23.2. The first-order chi connectivity index (χ1) is 14.8. The maximum Gasteiger partial charge on any atom is 0.243 e. The molecule has 0 spiro atoms. The Morgan fingerprint density at radius 1 is 1.00 bits per heavy atom. The standard InChI is InChI=1S/C22H29FN4O3S/c1-3-27(4-2)31(29,30)19-11-9-18(10-12-19)24-22(28)17-25-13-15-26(16-14-25)21-8-6-5-7-20(21)23/h5-12H,3-4,13-17H2,1-2H3,(H,24,28). The Balaban J connectivity index is 1.52. The number of nitrogens with zero attached hydrogens (tertiary/aromatic N) is 3. The van der Waals surface area contributed by atoms with Crippen molar-refractivity contribution in [2.45, 2.75) is 18.7 Å². The molecule has 1 fully saturated rings. The number of para-hydroxylation sites is 1. The molecule has 1 amide bonds. The summed E-state index contributed by atoms with van der Waals surface area (Å²) < 4.78 is 40.4. The summed E-state index contributed by atoms with van der Waals surface area (Å²) in [6, 6.07) is 12.9. The second-order valence-electron chi connectivity index (χ2n) is 7.38. The highest BCUT2D eigenvalue weighted by Crippen LogP contribution is 2.21. The van der Waals surface area contributed by atoms with Crippen molar-refractivity contribution in [3.8, 4) is 0 Å². The van der Waals surface area contributed by atoms with Crippen molar-refractivity contribution in [1.29, 1.82) is 0 Å². The van der Waals surface area contributed by atoms with Crippen molar-refractivity contribution in [2.24, 2.45) is 0 Å². The molecule has 7 nitrogen and oxygen atoms in total. The molecule has 0 aromatic heterocycles. The fourth-order valence-electron chi connectivity index (χ4n) is 3.68. The molecule has 1 N–H and O–H groups in total. The van der Waals surface area contributed by atoms with E-state index in [2.05, 4.69) is 5.32 Å². The quantitative estimate of drug-likeness (QED) is 0.672. The Bertz CT molecular complexity index is 986. The number of piperazine rings is 1. The lowest BCUT2D eigenvalue weighted by atomic mass is 10.2. The molecule has 0 saturated carbocycles. The molecule has 2 aromatic carbocycles. The van der Waals surface area contributed by atoms with Crippen molar-refractivity contribution in [2.75, 3.05) is 56.0 Å². The third kappa shape index (κ3) is 5.61. The van der Waals surface area contributed by atoms with Crippen LogP contribution < -0.4 is 10.2 Å². The van der Waals surface area contributed by atoms with Gasteiger partial charge in [0.2, 0.25) is 15.9 Å². The molecule has 1 heterocycles. The van der Waals surface area contributed by atoms with Gasteiger partial charge in [-0.3, -0.25) is 9.69 Å². The minimum Gasteiger partial charge on any atom is -0.367 e. The van der Waals surface area contributed by atoms with Gasteiger partial charge in [0.15, 0.2) is 0 Å². The van der Waals surface area contributed by atoms with Crippen LogP contribution in [0.5, 0.6) is 0 Å². The van der Waals surface area contributed by atoms with E-state index in [9.17, 15) is 17.6 Å². The number of nitrogens with one attached hydrogen (secondary N) is 1. The van der Waals surface area contributed by atoms with Crippen LogP contribution in [-0.2, 0) is 14.8 Å². The van der Waals surface area contributed by atoms with Gasteiger partial charge in [0.05, 0.1) is 17.1 Å². The molecule has 1 aliphatic rings. The number of benzene rings is 2. The first-order valence-electron chi connectivity index (χ1n) is 10.5. The third-order valence-corrected chi connectivity index (χ3v) is 7.48. The number of carbonyl (C=O) groups excluding carboxylic acids is 1. The lowest BCUT2D eigenvalue weighted by Crippen LogP contribution is -2.48. The van der Waals surface area contributed by atoms with E-state index in [4.69, 9.17) is 0 Å². The number of rotatable bonds is 8. The fraction of sp³-hybridized carbons (Fsp3) is 0.409. The van der Waals surface area contributed by atoms with Crippen LogP contribution in [0.2, 0.25) is 0 Å². The Morgan fingerprint density at radius 3 is 2.19 bits per heavy atom. The van der Waals surface area contributed by atoms with Crippen molar-refractivity contribution >= 4 is 27.3 Å². The van der Waals surface area contributed by atoms with E-state index in [1.165, 1.54) is 22.5 Å². The number of halogens is 1. The highest BCUT2D eigenvalue weighted by molar-refractivity contribution is 7.89. The summed E-state index contributed by atoms with van der Waals surface area (Å²) in [6.07, 6.45) is 0. The average molecular weight is 449 g/mol. The number of hydrogen-bond acceptors (Lipinski definition) is 5. The van der Waals surface area contributed by atoms with Gasteiger partial charge in [0.1, 0.15) is 5.82 Å². The molecule has 0 aliphatic carbocycles. The monoisotopic (exact) mass is 448 g/mol. The molecule has 0 bridgehead atoms. The molecule has 31 heavy (non-hydrogen) atoms. The van der Waals surface area contributed by atoms with E-state index in [1.54, 1.807) is 38.1 Å². The zero-order valence-electron chi connectivity index (χ0n) is 17.9. The van der Waals surface area contributed by atoms with Crippen LogP contribution in [-0.4, -0.2) is 69.3 Å². The predicted octanol–water partition coefficient (Wildman–Crippen LogP) is 2.62. The Morgan fingerprint density at radius 2 is 1.61 bits per heavy atom. The molecule has 2 aromatic rings. The maximum atomic E-state index is 14.0. The predicted molar refractivity (Wildman–Crippen MR) is 120 cm³/mol. The van der Waals surface area contributed by atoms with Crippen LogP contribution in [0.15, 0.2) is 53.4 Å². The normalized spacial score (nSPS) is 15.3. The summed E-state index contributed by atoms with van der Waals surface area (Å²) in [4.78, 5) is 16.6. The SMILES string of the molecule is CCN(CC)S(=O)(=O)c1ccc(NC(=O)CN2CCN(c3ccccc3F)CC2)cc1. The molecule has 0 radical (unpaired) electrons. The van der Waals surface area contributed by atoms with Gasteiger partial charge >= 0.3 is 0 Å². The third-order valence-electron chi connectivity index (χ3n) is 5.41. The summed E-state index contributed by atoms with van der Waals surface area (Å²) in [7, 11) is -3.52. The van der Waals surface area contributed by atoms with E-state index in [0.29, 0.717) is 50.6 Å². The summed E-state index contributed by atoms with van der Waals surface area (Å²) in [5.41, 5.74) is 1.14. The number of sulfonamides is 1. The Labute approximate surface area is 183 Å². The maximum absolute atomic E-state index is 14.0. The largest absolute Gasteiger partial charge is 0.367 e. The zero-order valence-corrected chi connectivity index (χ0v) is 18.7. The van der Waals surface area contributed by atoms with E-state index in [1.807, 2.05) is 15.9 Å². The number of carbonyl (C=O) groups is 1.